The molecule has 6 heteroatoms. The number of nitrogens with zero attached hydrogens (tertiary/aromatic N) is 2. The minimum absolute atomic E-state index is 0.146. The molecule has 0 bridgehead atoms. The lowest BCUT2D eigenvalue weighted by molar-refractivity contribution is 0.0946. The first-order valence-corrected chi connectivity index (χ1v) is 8.37. The van der Waals surface area contributed by atoms with E-state index in [0.29, 0.717) is 12.2 Å². The number of nitrogens with one attached hydrogen (secondary N) is 2. The summed E-state index contributed by atoms with van der Waals surface area (Å²) in [6.45, 7) is 5.36. The summed E-state index contributed by atoms with van der Waals surface area (Å²) in [4.78, 5) is 18.3. The molecule has 6 nitrogen and oxygen atoms in total. The third-order valence-corrected chi connectivity index (χ3v) is 3.35. The van der Waals surface area contributed by atoms with E-state index in [9.17, 15) is 4.79 Å². The van der Waals surface area contributed by atoms with Gasteiger partial charge in [-0.25, -0.2) is 0 Å². The molecule has 1 heterocycles. The van der Waals surface area contributed by atoms with Gasteiger partial charge in [-0.2, -0.15) is 0 Å². The zero-order valence-corrected chi connectivity index (χ0v) is 15.2. The third-order valence-electron chi connectivity index (χ3n) is 3.35. The van der Waals surface area contributed by atoms with Crippen LogP contribution in [0, 0.1) is 0 Å². The van der Waals surface area contributed by atoms with Crippen LogP contribution in [0.2, 0.25) is 0 Å². The van der Waals surface area contributed by atoms with Crippen molar-refractivity contribution in [3.05, 3.63) is 48.3 Å². The van der Waals surface area contributed by atoms with Crippen LogP contribution in [0.5, 0.6) is 5.75 Å². The number of carbonyl (C=O) groups excluding carboxylic acids is 1. The van der Waals surface area contributed by atoms with Crippen molar-refractivity contribution in [1.29, 1.82) is 0 Å². The second-order valence-electron chi connectivity index (χ2n) is 6.30. The maximum absolute atomic E-state index is 12.1. The van der Waals surface area contributed by atoms with Crippen LogP contribution in [0.25, 0.3) is 0 Å². The number of ether oxygens (including phenoxy) is 1. The molecule has 0 atom stereocenters. The Kier molecular flexibility index (Phi) is 6.77. The van der Waals surface area contributed by atoms with Gasteiger partial charge in [0.25, 0.3) is 5.91 Å². The Balaban J connectivity index is 1.97. The highest BCUT2D eigenvalue weighted by Gasteiger charge is 2.08. The molecule has 0 radical (unpaired) electrons. The molecule has 0 aliphatic rings. The second-order valence-corrected chi connectivity index (χ2v) is 6.30. The summed E-state index contributed by atoms with van der Waals surface area (Å²) >= 11 is 0. The summed E-state index contributed by atoms with van der Waals surface area (Å²) in [5.41, 5.74) is 2.12. The van der Waals surface area contributed by atoms with E-state index in [4.69, 9.17) is 4.74 Å². The summed E-state index contributed by atoms with van der Waals surface area (Å²) < 4.78 is 5.63. The number of aromatic nitrogens is 1. The van der Waals surface area contributed by atoms with Gasteiger partial charge < -0.3 is 20.3 Å². The standard InChI is InChI=1S/C19H26N4O2/c1-14(2)25-17-7-5-15(6-8-17)22-16-9-10-20-18(13-16)19(24)21-11-12-23(3)4/h5-10,13-14H,11-12H2,1-4H3,(H,20,22)(H,21,24). The topological polar surface area (TPSA) is 66.5 Å². The van der Waals surface area contributed by atoms with Crippen LogP contribution in [0.15, 0.2) is 42.6 Å². The fourth-order valence-corrected chi connectivity index (χ4v) is 2.17. The average molecular weight is 342 g/mol. The van der Waals surface area contributed by atoms with Gasteiger partial charge in [0, 0.05) is 30.7 Å². The molecular formula is C19H26N4O2. The van der Waals surface area contributed by atoms with Crippen LogP contribution in [-0.2, 0) is 0 Å². The Hall–Kier alpha value is -2.60. The van der Waals surface area contributed by atoms with E-state index in [1.165, 1.54) is 0 Å². The van der Waals surface area contributed by atoms with Crippen molar-refractivity contribution in [2.75, 3.05) is 32.5 Å². The van der Waals surface area contributed by atoms with Gasteiger partial charge in [0.05, 0.1) is 6.10 Å². The molecule has 0 spiro atoms. The van der Waals surface area contributed by atoms with Gasteiger partial charge in [-0.3, -0.25) is 9.78 Å². The Morgan fingerprint density at radius 3 is 2.52 bits per heavy atom. The van der Waals surface area contributed by atoms with Gasteiger partial charge in [0.2, 0.25) is 0 Å². The molecule has 0 aliphatic carbocycles. The molecule has 0 aliphatic heterocycles. The van der Waals surface area contributed by atoms with Crippen molar-refractivity contribution in [1.82, 2.24) is 15.2 Å². The molecule has 0 saturated carbocycles. The zero-order chi connectivity index (χ0) is 18.2. The molecule has 1 aromatic carbocycles. The Labute approximate surface area is 149 Å². The van der Waals surface area contributed by atoms with Crippen molar-refractivity contribution in [2.45, 2.75) is 20.0 Å². The van der Waals surface area contributed by atoms with E-state index >= 15 is 0 Å². The lowest BCUT2D eigenvalue weighted by atomic mass is 10.2. The van der Waals surface area contributed by atoms with E-state index in [0.717, 1.165) is 23.7 Å². The molecule has 0 saturated heterocycles. The molecule has 0 unspecified atom stereocenters. The number of pyridine rings is 1. The largest absolute Gasteiger partial charge is 0.491 e. The molecule has 134 valence electrons. The summed E-state index contributed by atoms with van der Waals surface area (Å²) in [7, 11) is 3.93. The molecule has 2 rings (SSSR count). The number of likely N-dealkylation sites (N-methyl/N-ethyl adjacent to an activating group) is 1. The second kappa shape index (κ2) is 9.03. The van der Waals surface area contributed by atoms with Gasteiger partial charge >= 0.3 is 0 Å². The molecule has 2 N–H and O–H groups in total. The monoisotopic (exact) mass is 342 g/mol. The smallest absolute Gasteiger partial charge is 0.269 e. The van der Waals surface area contributed by atoms with E-state index in [1.54, 1.807) is 12.3 Å². The highest BCUT2D eigenvalue weighted by Crippen LogP contribution is 2.21. The van der Waals surface area contributed by atoms with E-state index in [-0.39, 0.29) is 12.0 Å². The predicted molar refractivity (Wildman–Crippen MR) is 101 cm³/mol. The van der Waals surface area contributed by atoms with Gasteiger partial charge in [0.15, 0.2) is 0 Å². The first kappa shape index (κ1) is 18.7. The van der Waals surface area contributed by atoms with Gasteiger partial charge in [-0.05, 0) is 64.3 Å². The van der Waals surface area contributed by atoms with Crippen molar-refractivity contribution in [3.63, 3.8) is 0 Å². The summed E-state index contributed by atoms with van der Waals surface area (Å²) in [5, 5.41) is 6.13. The number of hydrogen-bond acceptors (Lipinski definition) is 5. The quantitative estimate of drug-likeness (QED) is 0.772. The van der Waals surface area contributed by atoms with Crippen LogP contribution in [-0.4, -0.2) is 49.1 Å². The first-order chi connectivity index (χ1) is 11.9. The Morgan fingerprint density at radius 2 is 1.88 bits per heavy atom. The molecule has 2 aromatic rings. The van der Waals surface area contributed by atoms with Crippen molar-refractivity contribution in [2.24, 2.45) is 0 Å². The number of hydrogen-bond donors (Lipinski definition) is 2. The van der Waals surface area contributed by atoms with Crippen LogP contribution in [0.1, 0.15) is 24.3 Å². The number of anilines is 2. The van der Waals surface area contributed by atoms with E-state index < -0.39 is 0 Å². The molecule has 1 amide bonds. The van der Waals surface area contributed by atoms with Gasteiger partial charge in [-0.1, -0.05) is 0 Å². The normalized spacial score (nSPS) is 10.8. The average Bonchev–Trinajstić information content (AvgIpc) is 2.56. The maximum atomic E-state index is 12.1. The van der Waals surface area contributed by atoms with E-state index in [2.05, 4.69) is 15.6 Å². The van der Waals surface area contributed by atoms with Gasteiger partial charge in [-0.15, -0.1) is 0 Å². The summed E-state index contributed by atoms with van der Waals surface area (Å²) in [6, 6.07) is 11.3. The van der Waals surface area contributed by atoms with Crippen LogP contribution in [0.3, 0.4) is 0 Å². The van der Waals surface area contributed by atoms with Crippen molar-refractivity contribution in [3.8, 4) is 5.75 Å². The third kappa shape index (κ3) is 6.43. The van der Waals surface area contributed by atoms with Crippen LogP contribution < -0.4 is 15.4 Å². The Morgan fingerprint density at radius 1 is 1.16 bits per heavy atom. The van der Waals surface area contributed by atoms with Crippen molar-refractivity contribution < 1.29 is 9.53 Å². The highest BCUT2D eigenvalue weighted by atomic mass is 16.5. The Bertz CT molecular complexity index is 684. The predicted octanol–water partition coefficient (Wildman–Crippen LogP) is 2.90. The lowest BCUT2D eigenvalue weighted by Gasteiger charge is -2.12. The molecular weight excluding hydrogens is 316 g/mol. The zero-order valence-electron chi connectivity index (χ0n) is 15.2. The number of carbonyl (C=O) groups is 1. The molecule has 1 aromatic heterocycles. The lowest BCUT2D eigenvalue weighted by Crippen LogP contribution is -2.31. The van der Waals surface area contributed by atoms with Crippen LogP contribution in [0.4, 0.5) is 11.4 Å². The van der Waals surface area contributed by atoms with Crippen molar-refractivity contribution >= 4 is 17.3 Å². The highest BCUT2D eigenvalue weighted by molar-refractivity contribution is 5.93. The molecule has 25 heavy (non-hydrogen) atoms. The number of amides is 1. The minimum atomic E-state index is -0.175. The minimum Gasteiger partial charge on any atom is -0.491 e. The maximum Gasteiger partial charge on any atom is 0.269 e. The number of rotatable bonds is 8. The molecule has 0 fully saturated rings. The first-order valence-electron chi connectivity index (χ1n) is 8.37. The van der Waals surface area contributed by atoms with Crippen LogP contribution >= 0.6 is 0 Å². The fourth-order valence-electron chi connectivity index (χ4n) is 2.17. The summed E-state index contributed by atoms with van der Waals surface area (Å²) in [6.07, 6.45) is 1.77. The number of benzene rings is 1. The summed E-state index contributed by atoms with van der Waals surface area (Å²) in [5.74, 6) is 0.655. The SMILES string of the molecule is CC(C)Oc1ccc(Nc2ccnc(C(=O)NCCN(C)C)c2)cc1. The van der Waals surface area contributed by atoms with Gasteiger partial charge in [0.1, 0.15) is 11.4 Å². The van der Waals surface area contributed by atoms with E-state index in [1.807, 2.05) is 63.2 Å². The fraction of sp³-hybridized carbons (Fsp3) is 0.368.